The number of hydrogen-bond donors (Lipinski definition) is 2. The van der Waals surface area contributed by atoms with E-state index in [0.29, 0.717) is 0 Å². The van der Waals surface area contributed by atoms with Gasteiger partial charge >= 0.3 is 0 Å². The number of nitrogens with one attached hydrogen (secondary N) is 2. The van der Waals surface area contributed by atoms with Gasteiger partial charge in [-0.3, -0.25) is 4.90 Å². The van der Waals surface area contributed by atoms with E-state index in [2.05, 4.69) is 81.8 Å². The lowest BCUT2D eigenvalue weighted by Crippen LogP contribution is -2.53. The standard InChI is InChI=1S/C22H26N4/c1-26(16-18-7-3-2-4-8-18)22(17-23-15-21-24-11-12-25-21)13-19-9-5-6-10-20(19)14-22/h2-12,23H,13-17H2,1H3,(H,24,25). The van der Waals surface area contributed by atoms with E-state index in [0.717, 1.165) is 38.3 Å². The molecule has 0 unspecified atom stereocenters. The molecule has 1 aliphatic carbocycles. The first kappa shape index (κ1) is 17.0. The molecule has 0 saturated heterocycles. The van der Waals surface area contributed by atoms with Crippen LogP contribution < -0.4 is 5.32 Å². The second-order valence-electron chi connectivity index (χ2n) is 7.33. The van der Waals surface area contributed by atoms with Crippen molar-refractivity contribution in [3.63, 3.8) is 0 Å². The number of hydrogen-bond acceptors (Lipinski definition) is 3. The predicted octanol–water partition coefficient (Wildman–Crippen LogP) is 3.17. The summed E-state index contributed by atoms with van der Waals surface area (Å²) in [6, 6.07) is 19.6. The van der Waals surface area contributed by atoms with Crippen molar-refractivity contribution in [1.29, 1.82) is 0 Å². The average Bonchev–Trinajstić information content (AvgIpc) is 3.30. The molecule has 2 aromatic carbocycles. The first-order valence-corrected chi connectivity index (χ1v) is 9.26. The van der Waals surface area contributed by atoms with E-state index in [1.165, 1.54) is 16.7 Å². The van der Waals surface area contributed by atoms with Crippen molar-refractivity contribution in [3.05, 3.63) is 89.5 Å². The second-order valence-corrected chi connectivity index (χ2v) is 7.33. The van der Waals surface area contributed by atoms with Crippen molar-refractivity contribution in [2.75, 3.05) is 13.6 Å². The van der Waals surface area contributed by atoms with Crippen LogP contribution >= 0.6 is 0 Å². The Hall–Kier alpha value is -2.43. The lowest BCUT2D eigenvalue weighted by molar-refractivity contribution is 0.117. The quantitative estimate of drug-likeness (QED) is 0.691. The van der Waals surface area contributed by atoms with Crippen LogP contribution in [0.4, 0.5) is 0 Å². The van der Waals surface area contributed by atoms with Crippen molar-refractivity contribution in [1.82, 2.24) is 20.2 Å². The molecular weight excluding hydrogens is 320 g/mol. The molecule has 1 aromatic heterocycles. The normalized spacial score (nSPS) is 15.3. The summed E-state index contributed by atoms with van der Waals surface area (Å²) in [5.74, 6) is 0.987. The Kier molecular flexibility index (Phi) is 4.87. The van der Waals surface area contributed by atoms with Crippen molar-refractivity contribution in [2.24, 2.45) is 0 Å². The van der Waals surface area contributed by atoms with E-state index in [-0.39, 0.29) is 5.54 Å². The van der Waals surface area contributed by atoms with Crippen molar-refractivity contribution >= 4 is 0 Å². The molecule has 0 amide bonds. The zero-order chi connectivity index (χ0) is 17.8. The third-order valence-electron chi connectivity index (χ3n) is 5.53. The molecule has 0 spiro atoms. The second kappa shape index (κ2) is 7.44. The fraction of sp³-hybridized carbons (Fsp3) is 0.318. The number of imidazole rings is 1. The van der Waals surface area contributed by atoms with E-state index in [1.54, 1.807) is 6.20 Å². The fourth-order valence-corrected chi connectivity index (χ4v) is 4.04. The zero-order valence-electron chi connectivity index (χ0n) is 15.3. The first-order valence-electron chi connectivity index (χ1n) is 9.26. The molecule has 0 bridgehead atoms. The monoisotopic (exact) mass is 346 g/mol. The Morgan fingerprint density at radius 2 is 1.73 bits per heavy atom. The molecule has 4 nitrogen and oxygen atoms in total. The molecule has 1 heterocycles. The van der Waals surface area contributed by atoms with Crippen molar-refractivity contribution < 1.29 is 0 Å². The topological polar surface area (TPSA) is 44.0 Å². The van der Waals surface area contributed by atoms with Gasteiger partial charge in [-0.2, -0.15) is 0 Å². The van der Waals surface area contributed by atoms with E-state index < -0.39 is 0 Å². The number of aromatic nitrogens is 2. The number of likely N-dealkylation sites (N-methyl/N-ethyl adjacent to an activating group) is 1. The number of fused-ring (bicyclic) bond motifs is 1. The number of H-pyrrole nitrogens is 1. The molecule has 3 aromatic rings. The molecule has 26 heavy (non-hydrogen) atoms. The minimum atomic E-state index is 0.0894. The molecule has 0 radical (unpaired) electrons. The van der Waals surface area contributed by atoms with E-state index >= 15 is 0 Å². The highest BCUT2D eigenvalue weighted by atomic mass is 15.2. The summed E-state index contributed by atoms with van der Waals surface area (Å²) in [6.07, 6.45) is 5.84. The number of aromatic amines is 1. The third kappa shape index (κ3) is 3.57. The smallest absolute Gasteiger partial charge is 0.120 e. The van der Waals surface area contributed by atoms with Gasteiger partial charge in [0, 0.05) is 31.0 Å². The summed E-state index contributed by atoms with van der Waals surface area (Å²) in [5, 5.41) is 3.64. The van der Waals surface area contributed by atoms with E-state index in [4.69, 9.17) is 0 Å². The maximum Gasteiger partial charge on any atom is 0.120 e. The Morgan fingerprint density at radius 1 is 1.04 bits per heavy atom. The summed E-state index contributed by atoms with van der Waals surface area (Å²) < 4.78 is 0. The van der Waals surface area contributed by atoms with Gasteiger partial charge in [-0.25, -0.2) is 4.98 Å². The van der Waals surface area contributed by atoms with Gasteiger partial charge in [0.2, 0.25) is 0 Å². The van der Waals surface area contributed by atoms with Crippen molar-refractivity contribution in [2.45, 2.75) is 31.5 Å². The number of benzene rings is 2. The van der Waals surface area contributed by atoms with Crippen LogP contribution in [0, 0.1) is 0 Å². The lowest BCUT2D eigenvalue weighted by Gasteiger charge is -2.39. The minimum absolute atomic E-state index is 0.0894. The third-order valence-corrected chi connectivity index (χ3v) is 5.53. The van der Waals surface area contributed by atoms with Crippen LogP contribution in [0.15, 0.2) is 67.0 Å². The Labute approximate surface area is 155 Å². The Morgan fingerprint density at radius 3 is 2.38 bits per heavy atom. The van der Waals surface area contributed by atoms with Crippen LogP contribution in [-0.4, -0.2) is 34.0 Å². The summed E-state index contributed by atoms with van der Waals surface area (Å²) >= 11 is 0. The van der Waals surface area contributed by atoms with Gasteiger partial charge in [0.1, 0.15) is 5.82 Å². The first-order chi connectivity index (χ1) is 12.8. The van der Waals surface area contributed by atoms with Gasteiger partial charge in [-0.05, 0) is 36.6 Å². The van der Waals surface area contributed by atoms with Gasteiger partial charge in [0.25, 0.3) is 0 Å². The summed E-state index contributed by atoms with van der Waals surface area (Å²) in [7, 11) is 2.26. The highest BCUT2D eigenvalue weighted by molar-refractivity contribution is 5.37. The maximum atomic E-state index is 4.32. The molecule has 134 valence electrons. The van der Waals surface area contributed by atoms with Gasteiger partial charge < -0.3 is 10.3 Å². The molecular formula is C22H26N4. The van der Waals surface area contributed by atoms with Crippen LogP contribution in [-0.2, 0) is 25.9 Å². The molecule has 0 atom stereocenters. The van der Waals surface area contributed by atoms with Crippen LogP contribution in [0.3, 0.4) is 0 Å². The van der Waals surface area contributed by atoms with Gasteiger partial charge in [-0.1, -0.05) is 54.6 Å². The average molecular weight is 346 g/mol. The summed E-state index contributed by atoms with van der Waals surface area (Å²) in [5.41, 5.74) is 4.40. The highest BCUT2D eigenvalue weighted by Gasteiger charge is 2.40. The van der Waals surface area contributed by atoms with Gasteiger partial charge in [0.15, 0.2) is 0 Å². The van der Waals surface area contributed by atoms with Crippen LogP contribution in [0.25, 0.3) is 0 Å². The summed E-state index contributed by atoms with van der Waals surface area (Å²) in [6.45, 7) is 2.66. The lowest BCUT2D eigenvalue weighted by atomic mass is 9.92. The van der Waals surface area contributed by atoms with E-state index in [1.807, 2.05) is 6.20 Å². The Balaban J connectivity index is 1.51. The molecule has 0 saturated carbocycles. The molecule has 0 aliphatic heterocycles. The van der Waals surface area contributed by atoms with Gasteiger partial charge in [-0.15, -0.1) is 0 Å². The Bertz CT molecular complexity index is 801. The van der Waals surface area contributed by atoms with Crippen LogP contribution in [0.2, 0.25) is 0 Å². The largest absolute Gasteiger partial charge is 0.348 e. The molecule has 4 heteroatoms. The molecule has 2 N–H and O–H groups in total. The van der Waals surface area contributed by atoms with E-state index in [9.17, 15) is 0 Å². The summed E-state index contributed by atoms with van der Waals surface area (Å²) in [4.78, 5) is 10.0. The molecule has 1 aliphatic rings. The number of nitrogens with zero attached hydrogens (tertiary/aromatic N) is 2. The molecule has 4 rings (SSSR count). The SMILES string of the molecule is CN(Cc1ccccc1)C1(CNCc2ncc[nH]2)Cc2ccccc2C1. The number of rotatable bonds is 7. The minimum Gasteiger partial charge on any atom is -0.348 e. The van der Waals surface area contributed by atoms with Crippen LogP contribution in [0.1, 0.15) is 22.5 Å². The van der Waals surface area contributed by atoms with Crippen molar-refractivity contribution in [3.8, 4) is 0 Å². The van der Waals surface area contributed by atoms with Crippen LogP contribution in [0.5, 0.6) is 0 Å². The maximum absolute atomic E-state index is 4.32. The zero-order valence-corrected chi connectivity index (χ0v) is 15.3. The predicted molar refractivity (Wildman–Crippen MR) is 105 cm³/mol. The van der Waals surface area contributed by atoms with Gasteiger partial charge in [0.05, 0.1) is 6.54 Å². The highest BCUT2D eigenvalue weighted by Crippen LogP contribution is 2.34. The molecule has 0 fully saturated rings. The fourth-order valence-electron chi connectivity index (χ4n) is 4.04.